The van der Waals surface area contributed by atoms with E-state index in [0.29, 0.717) is 16.4 Å². The molecule has 26 heavy (non-hydrogen) atoms. The lowest BCUT2D eigenvalue weighted by Gasteiger charge is -2.20. The van der Waals surface area contributed by atoms with Gasteiger partial charge in [0.25, 0.3) is 0 Å². The van der Waals surface area contributed by atoms with Crippen LogP contribution in [0.2, 0.25) is 0 Å². The summed E-state index contributed by atoms with van der Waals surface area (Å²) in [5.74, 6) is 4.97. The van der Waals surface area contributed by atoms with Crippen LogP contribution in [0.3, 0.4) is 0 Å². The lowest BCUT2D eigenvalue weighted by atomic mass is 10.3. The van der Waals surface area contributed by atoms with E-state index in [-0.39, 0.29) is 24.6 Å². The highest BCUT2D eigenvalue weighted by Crippen LogP contribution is 2.17. The number of nitrogens with one attached hydrogen (secondary N) is 1. The molecule has 0 saturated heterocycles. The molecule has 0 fully saturated rings. The van der Waals surface area contributed by atoms with Crippen LogP contribution in [-0.2, 0) is 9.47 Å². The Hall–Kier alpha value is -2.12. The molecule has 2 amide bonds. The van der Waals surface area contributed by atoms with E-state index in [4.69, 9.17) is 15.9 Å². The maximum atomic E-state index is 12.4. The summed E-state index contributed by atoms with van der Waals surface area (Å²) in [7, 11) is 0. The number of rotatable bonds is 9. The summed E-state index contributed by atoms with van der Waals surface area (Å²) >= 11 is 3.16. The lowest BCUT2D eigenvalue weighted by molar-refractivity contribution is 0.141. The first-order valence-corrected chi connectivity index (χ1v) is 10.2. The van der Waals surface area contributed by atoms with Crippen LogP contribution in [-0.4, -0.2) is 58.4 Å². The van der Waals surface area contributed by atoms with Gasteiger partial charge in [-0.05, 0) is 11.5 Å². The molecule has 1 aromatic heterocycles. The van der Waals surface area contributed by atoms with Crippen LogP contribution in [0.1, 0.15) is 19.4 Å². The Labute approximate surface area is 160 Å². The van der Waals surface area contributed by atoms with Crippen molar-refractivity contribution in [2.24, 2.45) is 0 Å². The second kappa shape index (κ2) is 12.3. The van der Waals surface area contributed by atoms with E-state index in [1.807, 2.05) is 13.8 Å². The summed E-state index contributed by atoms with van der Waals surface area (Å²) in [5.41, 5.74) is -0.697. The van der Waals surface area contributed by atoms with Gasteiger partial charge in [-0.1, -0.05) is 19.8 Å². The first-order chi connectivity index (χ1) is 12.5. The van der Waals surface area contributed by atoms with E-state index in [1.165, 1.54) is 0 Å². The quantitative estimate of drug-likeness (QED) is 0.499. The molecule has 1 heterocycles. The predicted molar refractivity (Wildman–Crippen MR) is 104 cm³/mol. The van der Waals surface area contributed by atoms with Crippen LogP contribution in [0.25, 0.3) is 0 Å². The zero-order chi connectivity index (χ0) is 19.4. The number of amides is 2. The normalized spacial score (nSPS) is 10.0. The molecule has 0 saturated carbocycles. The third-order valence-electron chi connectivity index (χ3n) is 2.85. The van der Waals surface area contributed by atoms with Gasteiger partial charge >= 0.3 is 17.9 Å². The molecule has 0 radical (unpaired) electrons. The second-order valence-electron chi connectivity index (χ2n) is 4.55. The molecule has 0 aliphatic carbocycles. The van der Waals surface area contributed by atoms with Crippen molar-refractivity contribution < 1.29 is 19.1 Å². The molecule has 8 nitrogen and oxygen atoms in total. The summed E-state index contributed by atoms with van der Waals surface area (Å²) in [6.45, 7) is 4.16. The Bertz CT molecular complexity index is 678. The number of aromatic amines is 1. The van der Waals surface area contributed by atoms with Crippen molar-refractivity contribution in [3.05, 3.63) is 22.2 Å². The minimum Gasteiger partial charge on any atom is -0.448 e. The molecule has 0 bridgehead atoms. The number of ether oxygens (including phenoxy) is 2. The van der Waals surface area contributed by atoms with Crippen molar-refractivity contribution >= 4 is 41.5 Å². The maximum absolute atomic E-state index is 12.4. The van der Waals surface area contributed by atoms with Gasteiger partial charge in [0.1, 0.15) is 19.0 Å². The molecule has 0 spiro atoms. The van der Waals surface area contributed by atoms with Crippen molar-refractivity contribution in [3.63, 3.8) is 0 Å². The highest BCUT2D eigenvalue weighted by molar-refractivity contribution is 7.99. The van der Waals surface area contributed by atoms with Crippen LogP contribution in [0.5, 0.6) is 0 Å². The lowest BCUT2D eigenvalue weighted by Crippen LogP contribution is -2.40. The van der Waals surface area contributed by atoms with Crippen LogP contribution < -0.4 is 10.6 Å². The highest BCUT2D eigenvalue weighted by atomic mass is 32.2. The Kier molecular flexibility index (Phi) is 10.3. The van der Waals surface area contributed by atoms with E-state index in [0.717, 1.165) is 17.7 Å². The third-order valence-corrected chi connectivity index (χ3v) is 4.58. The maximum Gasteiger partial charge on any atom is 0.425 e. The zero-order valence-corrected chi connectivity index (χ0v) is 16.3. The molecule has 1 N–H and O–H groups in total. The number of terminal acetylenes is 1. The van der Waals surface area contributed by atoms with Crippen molar-refractivity contribution in [1.82, 2.24) is 9.97 Å². The van der Waals surface area contributed by atoms with Gasteiger partial charge in [0.2, 0.25) is 0 Å². The molecular formula is C16H21N3O5S2. The number of hydrogen-bond donors (Lipinski definition) is 1. The number of hydrogen-bond acceptors (Lipinski definition) is 8. The fraction of sp³-hybridized carbons (Fsp3) is 0.500. The molecular weight excluding hydrogens is 378 g/mol. The standard InChI is InChI=1S/C16H21N3O5S2/c1-4-12-11-17-14(20)18-13(12)19(15(21)23-7-9-25-5-2)16(22)24-8-10-26-6-3/h1,11H,5-10H2,2-3H3,(H,17,18,20). The predicted octanol–water partition coefficient (Wildman–Crippen LogP) is 2.34. The monoisotopic (exact) mass is 399 g/mol. The molecule has 0 aromatic carbocycles. The van der Waals surface area contributed by atoms with Gasteiger partial charge in [-0.25, -0.2) is 19.4 Å². The average molecular weight is 399 g/mol. The summed E-state index contributed by atoms with van der Waals surface area (Å²) in [6.07, 6.45) is 4.51. The molecule has 0 unspecified atom stereocenters. The number of carbonyl (C=O) groups is 2. The largest absolute Gasteiger partial charge is 0.448 e. The minimum absolute atomic E-state index is 0.0596. The second-order valence-corrected chi connectivity index (χ2v) is 7.34. The van der Waals surface area contributed by atoms with Crippen molar-refractivity contribution in [2.75, 3.05) is 41.1 Å². The summed E-state index contributed by atoms with van der Waals surface area (Å²) in [6, 6.07) is 0. The number of carbonyl (C=O) groups excluding carboxylic acids is 2. The zero-order valence-electron chi connectivity index (χ0n) is 14.6. The van der Waals surface area contributed by atoms with Gasteiger partial charge in [-0.2, -0.15) is 28.4 Å². The van der Waals surface area contributed by atoms with Gasteiger partial charge in [0, 0.05) is 11.5 Å². The molecule has 142 valence electrons. The van der Waals surface area contributed by atoms with E-state index in [2.05, 4.69) is 15.9 Å². The number of aromatic nitrogens is 2. The van der Waals surface area contributed by atoms with E-state index >= 15 is 0 Å². The summed E-state index contributed by atoms with van der Waals surface area (Å²) < 4.78 is 10.2. The van der Waals surface area contributed by atoms with E-state index in [9.17, 15) is 14.4 Å². The molecule has 0 aliphatic heterocycles. The fourth-order valence-corrected chi connectivity index (χ4v) is 2.70. The highest BCUT2D eigenvalue weighted by Gasteiger charge is 2.29. The van der Waals surface area contributed by atoms with E-state index < -0.39 is 17.9 Å². The van der Waals surface area contributed by atoms with Gasteiger partial charge in [0.05, 0.1) is 11.8 Å². The Morgan fingerprint density at radius 2 is 1.73 bits per heavy atom. The van der Waals surface area contributed by atoms with Gasteiger partial charge in [0.15, 0.2) is 0 Å². The number of nitrogens with zero attached hydrogens (tertiary/aromatic N) is 2. The molecule has 1 aromatic rings. The first kappa shape index (κ1) is 21.9. The molecule has 1 rings (SSSR count). The SMILES string of the molecule is C#Cc1cnc(=O)[nH]c1N(C(=O)OCCSCC)C(=O)OCCSCC. The van der Waals surface area contributed by atoms with Crippen LogP contribution in [0.4, 0.5) is 15.4 Å². The fourth-order valence-electron chi connectivity index (χ4n) is 1.72. The Morgan fingerprint density at radius 1 is 1.19 bits per heavy atom. The summed E-state index contributed by atoms with van der Waals surface area (Å²) in [5, 5.41) is 0. The Morgan fingerprint density at radius 3 is 2.19 bits per heavy atom. The number of H-pyrrole nitrogens is 1. The van der Waals surface area contributed by atoms with Crippen LogP contribution in [0, 0.1) is 12.3 Å². The molecule has 10 heteroatoms. The molecule has 0 atom stereocenters. The number of thioether (sulfide) groups is 2. The van der Waals surface area contributed by atoms with Crippen molar-refractivity contribution in [2.45, 2.75) is 13.8 Å². The first-order valence-electron chi connectivity index (χ1n) is 7.90. The van der Waals surface area contributed by atoms with Gasteiger partial charge < -0.3 is 9.47 Å². The third kappa shape index (κ3) is 7.01. The van der Waals surface area contributed by atoms with Gasteiger partial charge in [-0.3, -0.25) is 4.98 Å². The average Bonchev–Trinajstić information content (AvgIpc) is 2.63. The number of imide groups is 1. The van der Waals surface area contributed by atoms with Crippen LogP contribution >= 0.6 is 23.5 Å². The minimum atomic E-state index is -0.979. The van der Waals surface area contributed by atoms with E-state index in [1.54, 1.807) is 23.5 Å². The topological polar surface area (TPSA) is 102 Å². The molecule has 0 aliphatic rings. The van der Waals surface area contributed by atoms with Gasteiger partial charge in [-0.15, -0.1) is 6.42 Å². The van der Waals surface area contributed by atoms with Crippen LogP contribution in [0.15, 0.2) is 11.0 Å². The Balaban J connectivity index is 3.00. The number of anilines is 1. The van der Waals surface area contributed by atoms with Crippen molar-refractivity contribution in [1.29, 1.82) is 0 Å². The smallest absolute Gasteiger partial charge is 0.425 e. The van der Waals surface area contributed by atoms with Crippen molar-refractivity contribution in [3.8, 4) is 12.3 Å². The summed E-state index contributed by atoms with van der Waals surface area (Å²) in [4.78, 5) is 42.7.